The van der Waals surface area contributed by atoms with E-state index in [0.717, 1.165) is 35.9 Å². The molecule has 0 unspecified atom stereocenters. The fraction of sp³-hybridized carbons (Fsp3) is 0.241. The van der Waals surface area contributed by atoms with Gasteiger partial charge in [-0.25, -0.2) is 0 Å². The molecule has 4 rings (SSSR count). The number of aryl methyl sites for hydroxylation is 2. The largest absolute Gasteiger partial charge is 0.325 e. The second kappa shape index (κ2) is 9.78. The topological polar surface area (TPSA) is 42.0 Å². The molecule has 32 heavy (non-hydrogen) atoms. The molecule has 1 N–H and O–H groups in total. The van der Waals surface area contributed by atoms with E-state index in [1.54, 1.807) is 6.20 Å². The number of aromatic nitrogens is 1. The number of carbonyl (C=O) groups is 1. The van der Waals surface area contributed by atoms with E-state index in [9.17, 15) is 4.79 Å². The van der Waals surface area contributed by atoms with Crippen LogP contribution in [0.4, 0.5) is 5.69 Å². The fourth-order valence-corrected chi connectivity index (χ4v) is 3.99. The van der Waals surface area contributed by atoms with Gasteiger partial charge in [-0.1, -0.05) is 86.6 Å². The molecule has 0 saturated carbocycles. The maximum absolute atomic E-state index is 12.4. The monoisotopic (exact) mass is 422 g/mol. The number of fused-ring (bicyclic) bond motifs is 1. The van der Waals surface area contributed by atoms with Crippen LogP contribution >= 0.6 is 0 Å². The van der Waals surface area contributed by atoms with Crippen LogP contribution in [0.2, 0.25) is 0 Å². The van der Waals surface area contributed by atoms with Crippen molar-refractivity contribution >= 4 is 22.5 Å². The Morgan fingerprint density at radius 3 is 2.31 bits per heavy atom. The van der Waals surface area contributed by atoms with Gasteiger partial charge in [0, 0.05) is 11.8 Å². The lowest BCUT2D eigenvalue weighted by Crippen LogP contribution is -2.18. The third kappa shape index (κ3) is 5.61. The van der Waals surface area contributed by atoms with Crippen molar-refractivity contribution in [2.75, 3.05) is 5.32 Å². The molecule has 3 heteroatoms. The maximum Gasteiger partial charge on any atom is 0.224 e. The third-order valence-electron chi connectivity index (χ3n) is 6.13. The van der Waals surface area contributed by atoms with Crippen LogP contribution in [0.5, 0.6) is 0 Å². The quantitative estimate of drug-likeness (QED) is 0.343. The van der Waals surface area contributed by atoms with E-state index in [1.165, 1.54) is 16.7 Å². The van der Waals surface area contributed by atoms with Gasteiger partial charge in [0.05, 0.1) is 17.4 Å². The Morgan fingerprint density at radius 1 is 0.844 bits per heavy atom. The summed E-state index contributed by atoms with van der Waals surface area (Å²) in [4.78, 5) is 16.8. The Morgan fingerprint density at radius 2 is 1.53 bits per heavy atom. The predicted octanol–water partition coefficient (Wildman–Crippen LogP) is 6.72. The highest BCUT2D eigenvalue weighted by Gasteiger charge is 2.20. The summed E-state index contributed by atoms with van der Waals surface area (Å²) in [5.74, 6) is 0.00866. The van der Waals surface area contributed by atoms with E-state index < -0.39 is 0 Å². The summed E-state index contributed by atoms with van der Waals surface area (Å²) in [5, 5.41) is 3.99. The van der Waals surface area contributed by atoms with E-state index in [1.807, 2.05) is 30.3 Å². The molecular formula is C29H30N2O. The van der Waals surface area contributed by atoms with Gasteiger partial charge in [0.2, 0.25) is 5.91 Å². The highest BCUT2D eigenvalue weighted by Crippen LogP contribution is 2.29. The second-order valence-corrected chi connectivity index (χ2v) is 9.03. The molecule has 0 radical (unpaired) electrons. The van der Waals surface area contributed by atoms with Crippen LogP contribution in [0.3, 0.4) is 0 Å². The minimum Gasteiger partial charge on any atom is -0.325 e. The van der Waals surface area contributed by atoms with Crippen molar-refractivity contribution in [2.45, 2.75) is 44.9 Å². The lowest BCUT2D eigenvalue weighted by molar-refractivity contribution is -0.116. The van der Waals surface area contributed by atoms with E-state index >= 15 is 0 Å². The van der Waals surface area contributed by atoms with Crippen molar-refractivity contribution in [1.82, 2.24) is 4.98 Å². The molecule has 1 heterocycles. The zero-order valence-electron chi connectivity index (χ0n) is 18.8. The van der Waals surface area contributed by atoms with Gasteiger partial charge in [0.25, 0.3) is 0 Å². The molecule has 0 saturated heterocycles. The van der Waals surface area contributed by atoms with Crippen LogP contribution < -0.4 is 5.32 Å². The summed E-state index contributed by atoms with van der Waals surface area (Å²) in [6.45, 7) is 4.60. The van der Waals surface area contributed by atoms with Crippen LogP contribution in [-0.4, -0.2) is 10.9 Å². The van der Waals surface area contributed by atoms with Crippen molar-refractivity contribution in [3.8, 4) is 0 Å². The molecule has 0 aliphatic carbocycles. The van der Waals surface area contributed by atoms with Crippen LogP contribution in [0.1, 0.15) is 43.4 Å². The van der Waals surface area contributed by atoms with E-state index in [2.05, 4.69) is 78.7 Å². The van der Waals surface area contributed by atoms with Crippen molar-refractivity contribution in [2.24, 2.45) is 0 Å². The third-order valence-corrected chi connectivity index (χ3v) is 6.13. The van der Waals surface area contributed by atoms with Gasteiger partial charge in [-0.2, -0.15) is 0 Å². The molecule has 4 aromatic rings. The molecule has 0 fully saturated rings. The van der Waals surface area contributed by atoms with Gasteiger partial charge in [0.15, 0.2) is 0 Å². The highest BCUT2D eigenvalue weighted by molar-refractivity contribution is 5.93. The van der Waals surface area contributed by atoms with Crippen LogP contribution in [0.15, 0.2) is 91.1 Å². The number of nitrogens with zero attached hydrogens (tertiary/aromatic N) is 1. The average Bonchev–Trinajstić information content (AvgIpc) is 2.82. The number of amides is 1. The van der Waals surface area contributed by atoms with Crippen molar-refractivity contribution < 1.29 is 4.79 Å². The molecule has 0 bridgehead atoms. The number of rotatable bonds is 8. The molecule has 0 atom stereocenters. The normalized spacial score (nSPS) is 11.4. The predicted molar refractivity (Wildman–Crippen MR) is 133 cm³/mol. The summed E-state index contributed by atoms with van der Waals surface area (Å²) >= 11 is 0. The second-order valence-electron chi connectivity index (χ2n) is 9.03. The SMILES string of the molecule is CC(C)(CCc1ccccc1)c1ccc(CCC(=O)Nc2cnc3ccccc3c2)cc1. The molecule has 3 aromatic carbocycles. The summed E-state index contributed by atoms with van der Waals surface area (Å²) in [5.41, 5.74) is 5.67. The summed E-state index contributed by atoms with van der Waals surface area (Å²) in [7, 11) is 0. The van der Waals surface area contributed by atoms with Gasteiger partial charge in [-0.15, -0.1) is 0 Å². The van der Waals surface area contributed by atoms with E-state index in [0.29, 0.717) is 6.42 Å². The lowest BCUT2D eigenvalue weighted by Gasteiger charge is -2.25. The molecule has 1 aromatic heterocycles. The average molecular weight is 423 g/mol. The van der Waals surface area contributed by atoms with Crippen LogP contribution in [-0.2, 0) is 23.1 Å². The minimum absolute atomic E-state index is 0.00866. The number of nitrogens with one attached hydrogen (secondary N) is 1. The summed E-state index contributed by atoms with van der Waals surface area (Å²) in [6, 6.07) is 29.3. The standard InChI is InChI=1S/C29H30N2O/c1-29(2,19-18-22-8-4-3-5-9-22)25-15-12-23(13-16-25)14-17-28(32)31-26-20-24-10-6-7-11-27(24)30-21-26/h3-13,15-16,20-21H,14,17-19H2,1-2H3,(H,31,32). The Labute approximate surface area is 190 Å². The maximum atomic E-state index is 12.4. The number of pyridine rings is 1. The molecule has 1 amide bonds. The fourth-order valence-electron chi connectivity index (χ4n) is 3.99. The van der Waals surface area contributed by atoms with Gasteiger partial charge < -0.3 is 5.32 Å². The zero-order chi connectivity index (χ0) is 22.4. The van der Waals surface area contributed by atoms with E-state index in [4.69, 9.17) is 0 Å². The first-order chi connectivity index (χ1) is 15.5. The molecule has 0 aliphatic heterocycles. The van der Waals surface area contributed by atoms with Crippen molar-refractivity contribution in [3.63, 3.8) is 0 Å². The first kappa shape index (κ1) is 21.8. The number of hydrogen-bond donors (Lipinski definition) is 1. The first-order valence-corrected chi connectivity index (χ1v) is 11.3. The first-order valence-electron chi connectivity index (χ1n) is 11.3. The Bertz CT molecular complexity index is 1180. The number of para-hydroxylation sites is 1. The number of benzene rings is 3. The van der Waals surface area contributed by atoms with E-state index in [-0.39, 0.29) is 11.3 Å². The smallest absolute Gasteiger partial charge is 0.224 e. The van der Waals surface area contributed by atoms with Crippen LogP contribution in [0, 0.1) is 0 Å². The zero-order valence-corrected chi connectivity index (χ0v) is 18.8. The summed E-state index contributed by atoms with van der Waals surface area (Å²) < 4.78 is 0. The van der Waals surface area contributed by atoms with Crippen LogP contribution in [0.25, 0.3) is 10.9 Å². The molecule has 0 spiro atoms. The Hall–Kier alpha value is -3.46. The van der Waals surface area contributed by atoms with Gasteiger partial charge in [-0.3, -0.25) is 9.78 Å². The van der Waals surface area contributed by atoms with Gasteiger partial charge in [-0.05, 0) is 53.5 Å². The molecule has 0 aliphatic rings. The van der Waals surface area contributed by atoms with Gasteiger partial charge in [0.1, 0.15) is 0 Å². The summed E-state index contributed by atoms with van der Waals surface area (Å²) in [6.07, 6.45) is 5.05. The molecule has 3 nitrogen and oxygen atoms in total. The lowest BCUT2D eigenvalue weighted by atomic mass is 9.79. The van der Waals surface area contributed by atoms with Crippen molar-refractivity contribution in [1.29, 1.82) is 0 Å². The van der Waals surface area contributed by atoms with Crippen molar-refractivity contribution in [3.05, 3.63) is 108 Å². The molecular weight excluding hydrogens is 392 g/mol. The minimum atomic E-state index is 0.00866. The van der Waals surface area contributed by atoms with Gasteiger partial charge >= 0.3 is 0 Å². The number of hydrogen-bond acceptors (Lipinski definition) is 2. The highest BCUT2D eigenvalue weighted by atomic mass is 16.1. The number of carbonyl (C=O) groups excluding carboxylic acids is 1. The molecule has 162 valence electrons. The number of anilines is 1. The Balaban J connectivity index is 1.30. The Kier molecular flexibility index (Phi) is 6.65.